The first kappa shape index (κ1) is 12.7. The van der Waals surface area contributed by atoms with Crippen LogP contribution in [0.1, 0.15) is 0 Å². The van der Waals surface area contributed by atoms with Crippen molar-refractivity contribution in [2.24, 2.45) is 0 Å². The van der Waals surface area contributed by atoms with Crippen molar-refractivity contribution in [3.63, 3.8) is 0 Å². The highest BCUT2D eigenvalue weighted by Crippen LogP contribution is 2.19. The van der Waals surface area contributed by atoms with Crippen LogP contribution in [0.15, 0.2) is 18.3 Å². The van der Waals surface area contributed by atoms with Crippen LogP contribution in [0, 0.1) is 0 Å². The van der Waals surface area contributed by atoms with Crippen molar-refractivity contribution in [2.45, 2.75) is 0 Å². The molecule has 2 N–H and O–H groups in total. The predicted molar refractivity (Wildman–Crippen MR) is 64.6 cm³/mol. The van der Waals surface area contributed by atoms with Crippen LogP contribution < -0.4 is 10.6 Å². The van der Waals surface area contributed by atoms with Gasteiger partial charge in [-0.05, 0) is 12.1 Å². The van der Waals surface area contributed by atoms with Crippen LogP contribution in [0.25, 0.3) is 0 Å². The SMILES string of the molecule is COCCN(CCOC)c1cccnc1N. The number of ether oxygens (including phenoxy) is 2. The number of anilines is 2. The van der Waals surface area contributed by atoms with Crippen molar-refractivity contribution in [3.8, 4) is 0 Å². The first-order chi connectivity index (χ1) is 7.79. The van der Waals surface area contributed by atoms with Crippen LogP contribution in [0.3, 0.4) is 0 Å². The number of nitrogen functional groups attached to an aromatic ring is 1. The Hall–Kier alpha value is -1.33. The molecule has 1 aromatic rings. The van der Waals surface area contributed by atoms with Gasteiger partial charge in [-0.2, -0.15) is 0 Å². The Bertz CT molecular complexity index is 299. The summed E-state index contributed by atoms with van der Waals surface area (Å²) in [6.07, 6.45) is 1.68. The van der Waals surface area contributed by atoms with E-state index in [0.717, 1.165) is 18.8 Å². The van der Waals surface area contributed by atoms with Crippen molar-refractivity contribution in [3.05, 3.63) is 18.3 Å². The molecule has 0 amide bonds. The van der Waals surface area contributed by atoms with E-state index in [1.165, 1.54) is 0 Å². The Morgan fingerprint density at radius 3 is 2.38 bits per heavy atom. The van der Waals surface area contributed by atoms with Crippen LogP contribution in [0.4, 0.5) is 11.5 Å². The minimum absolute atomic E-state index is 0.537. The van der Waals surface area contributed by atoms with Gasteiger partial charge in [-0.1, -0.05) is 0 Å². The molecule has 0 radical (unpaired) electrons. The number of nitrogens with zero attached hydrogens (tertiary/aromatic N) is 2. The van der Waals surface area contributed by atoms with Gasteiger partial charge in [-0.25, -0.2) is 4.98 Å². The molecule has 90 valence electrons. The van der Waals surface area contributed by atoms with Crippen LogP contribution in [0.5, 0.6) is 0 Å². The molecule has 1 rings (SSSR count). The Balaban J connectivity index is 2.70. The molecule has 0 spiro atoms. The van der Waals surface area contributed by atoms with Gasteiger partial charge in [0, 0.05) is 33.5 Å². The zero-order valence-corrected chi connectivity index (χ0v) is 9.85. The van der Waals surface area contributed by atoms with Crippen LogP contribution in [0.2, 0.25) is 0 Å². The molecule has 0 saturated carbocycles. The van der Waals surface area contributed by atoms with Gasteiger partial charge in [0.2, 0.25) is 0 Å². The molecule has 0 aliphatic carbocycles. The number of pyridine rings is 1. The Morgan fingerprint density at radius 2 is 1.88 bits per heavy atom. The number of aromatic nitrogens is 1. The highest BCUT2D eigenvalue weighted by Gasteiger charge is 2.09. The number of nitrogens with two attached hydrogens (primary N) is 1. The minimum atomic E-state index is 0.537. The van der Waals surface area contributed by atoms with Gasteiger partial charge in [-0.3, -0.25) is 0 Å². The summed E-state index contributed by atoms with van der Waals surface area (Å²) >= 11 is 0. The number of hydrogen-bond donors (Lipinski definition) is 1. The van der Waals surface area contributed by atoms with E-state index in [4.69, 9.17) is 15.2 Å². The van der Waals surface area contributed by atoms with Gasteiger partial charge < -0.3 is 20.1 Å². The van der Waals surface area contributed by atoms with E-state index < -0.39 is 0 Å². The smallest absolute Gasteiger partial charge is 0.146 e. The predicted octanol–water partition coefficient (Wildman–Crippen LogP) is 0.763. The largest absolute Gasteiger partial charge is 0.383 e. The second kappa shape index (κ2) is 7.03. The topological polar surface area (TPSA) is 60.6 Å². The Morgan fingerprint density at radius 1 is 1.25 bits per heavy atom. The van der Waals surface area contributed by atoms with E-state index in [1.54, 1.807) is 20.4 Å². The fourth-order valence-electron chi connectivity index (χ4n) is 1.43. The maximum absolute atomic E-state index is 5.83. The Kier molecular flexibility index (Phi) is 5.60. The maximum atomic E-state index is 5.83. The van der Waals surface area contributed by atoms with Gasteiger partial charge in [-0.15, -0.1) is 0 Å². The van der Waals surface area contributed by atoms with Gasteiger partial charge in [0.15, 0.2) is 0 Å². The number of methoxy groups -OCH3 is 2. The van der Waals surface area contributed by atoms with Crippen LogP contribution in [-0.4, -0.2) is 45.5 Å². The lowest BCUT2D eigenvalue weighted by molar-refractivity contribution is 0.190. The minimum Gasteiger partial charge on any atom is -0.383 e. The molecule has 0 aliphatic heterocycles. The van der Waals surface area contributed by atoms with Crippen LogP contribution in [-0.2, 0) is 9.47 Å². The standard InChI is InChI=1S/C11H19N3O2/c1-15-8-6-14(7-9-16-2)10-4-3-5-13-11(10)12/h3-5H,6-9H2,1-2H3,(H2,12,13). The number of rotatable bonds is 7. The van der Waals surface area contributed by atoms with Crippen molar-refractivity contribution < 1.29 is 9.47 Å². The summed E-state index contributed by atoms with van der Waals surface area (Å²) in [7, 11) is 3.36. The van der Waals surface area contributed by atoms with Gasteiger partial charge in [0.05, 0.1) is 18.9 Å². The lowest BCUT2D eigenvalue weighted by Crippen LogP contribution is -2.31. The second-order valence-corrected chi connectivity index (χ2v) is 3.38. The van der Waals surface area contributed by atoms with E-state index in [-0.39, 0.29) is 0 Å². The molecular weight excluding hydrogens is 206 g/mol. The highest BCUT2D eigenvalue weighted by molar-refractivity contribution is 5.62. The summed E-state index contributed by atoms with van der Waals surface area (Å²) < 4.78 is 10.1. The average molecular weight is 225 g/mol. The highest BCUT2D eigenvalue weighted by atomic mass is 16.5. The maximum Gasteiger partial charge on any atom is 0.146 e. The fraction of sp³-hybridized carbons (Fsp3) is 0.545. The summed E-state index contributed by atoms with van der Waals surface area (Å²) in [6, 6.07) is 3.83. The summed E-state index contributed by atoms with van der Waals surface area (Å²) in [5.41, 5.74) is 6.76. The molecule has 0 saturated heterocycles. The van der Waals surface area contributed by atoms with Crippen LogP contribution >= 0.6 is 0 Å². The second-order valence-electron chi connectivity index (χ2n) is 3.38. The lowest BCUT2D eigenvalue weighted by Gasteiger charge is -2.24. The molecule has 0 aromatic carbocycles. The lowest BCUT2D eigenvalue weighted by atomic mass is 10.3. The molecule has 1 heterocycles. The molecule has 0 aliphatic rings. The molecule has 5 nitrogen and oxygen atoms in total. The van der Waals surface area contributed by atoms with Crippen molar-refractivity contribution in [1.29, 1.82) is 0 Å². The van der Waals surface area contributed by atoms with E-state index in [2.05, 4.69) is 9.88 Å². The van der Waals surface area contributed by atoms with Crippen molar-refractivity contribution in [1.82, 2.24) is 4.98 Å². The normalized spacial score (nSPS) is 10.4. The molecule has 1 aromatic heterocycles. The van der Waals surface area contributed by atoms with E-state index in [1.807, 2.05) is 12.1 Å². The summed E-state index contributed by atoms with van der Waals surface area (Å²) in [4.78, 5) is 6.18. The molecule has 0 fully saturated rings. The molecule has 16 heavy (non-hydrogen) atoms. The molecule has 0 bridgehead atoms. The third-order valence-corrected chi connectivity index (χ3v) is 2.29. The molecule has 0 unspecified atom stereocenters. The van der Waals surface area contributed by atoms with Gasteiger partial charge in [0.25, 0.3) is 0 Å². The third kappa shape index (κ3) is 3.67. The monoisotopic (exact) mass is 225 g/mol. The quantitative estimate of drug-likeness (QED) is 0.742. The first-order valence-corrected chi connectivity index (χ1v) is 5.23. The zero-order chi connectivity index (χ0) is 11.8. The first-order valence-electron chi connectivity index (χ1n) is 5.23. The van der Waals surface area contributed by atoms with E-state index in [0.29, 0.717) is 19.0 Å². The summed E-state index contributed by atoms with van der Waals surface area (Å²) in [6.45, 7) is 2.85. The van der Waals surface area contributed by atoms with Gasteiger partial charge in [0.1, 0.15) is 5.82 Å². The van der Waals surface area contributed by atoms with Crippen molar-refractivity contribution in [2.75, 3.05) is 51.2 Å². The summed E-state index contributed by atoms with van der Waals surface area (Å²) in [5, 5.41) is 0. The molecular formula is C11H19N3O2. The van der Waals surface area contributed by atoms with Gasteiger partial charge >= 0.3 is 0 Å². The Labute approximate surface area is 96.2 Å². The number of hydrogen-bond acceptors (Lipinski definition) is 5. The summed E-state index contributed by atoms with van der Waals surface area (Å²) in [5.74, 6) is 0.537. The van der Waals surface area contributed by atoms with Crippen molar-refractivity contribution >= 4 is 11.5 Å². The van der Waals surface area contributed by atoms with E-state index in [9.17, 15) is 0 Å². The molecule has 0 atom stereocenters. The third-order valence-electron chi connectivity index (χ3n) is 2.29. The fourth-order valence-corrected chi connectivity index (χ4v) is 1.43. The molecule has 5 heteroatoms. The average Bonchev–Trinajstić information content (AvgIpc) is 2.31. The zero-order valence-electron chi connectivity index (χ0n) is 9.85. The van der Waals surface area contributed by atoms with E-state index >= 15 is 0 Å².